The number of aromatic nitrogens is 2. The number of nitrogens with one attached hydrogen (secondary N) is 3. The van der Waals surface area contributed by atoms with Crippen LogP contribution in [0.4, 0.5) is 0 Å². The highest BCUT2D eigenvalue weighted by molar-refractivity contribution is 5.84. The molecule has 9 heteroatoms. The van der Waals surface area contributed by atoms with Crippen molar-refractivity contribution in [1.82, 2.24) is 25.7 Å². The second-order valence-electron chi connectivity index (χ2n) is 6.85. The third-order valence-corrected chi connectivity index (χ3v) is 4.30. The first-order valence-electron chi connectivity index (χ1n) is 9.47. The van der Waals surface area contributed by atoms with Crippen LogP contribution in [-0.4, -0.2) is 53.5 Å². The Morgan fingerprint density at radius 3 is 2.59 bits per heavy atom. The number of guanidine groups is 1. The van der Waals surface area contributed by atoms with Crippen molar-refractivity contribution >= 4 is 11.9 Å². The highest BCUT2D eigenvalue weighted by Gasteiger charge is 2.25. The molecule has 1 heterocycles. The molecule has 0 saturated carbocycles. The van der Waals surface area contributed by atoms with Crippen LogP contribution in [0.1, 0.15) is 25.0 Å². The van der Waals surface area contributed by atoms with Crippen LogP contribution in [0.5, 0.6) is 5.75 Å². The standard InChI is InChI=1S/C20H30N6O3/c1-5-21-19(24-14-20(2,28)16-11-25-26(3)13-16)23-12-18(27)22-10-15-6-8-17(29-4)9-7-15/h6-9,11,13,28H,5,10,12,14H2,1-4H3,(H,22,27)(H2,21,23,24). The summed E-state index contributed by atoms with van der Waals surface area (Å²) in [6.07, 6.45) is 3.39. The van der Waals surface area contributed by atoms with Crippen molar-refractivity contribution in [1.29, 1.82) is 0 Å². The van der Waals surface area contributed by atoms with Crippen molar-refractivity contribution in [3.05, 3.63) is 47.8 Å². The average Bonchev–Trinajstić information content (AvgIpc) is 3.16. The lowest BCUT2D eigenvalue weighted by Crippen LogP contribution is -2.45. The Hall–Kier alpha value is -3.07. The van der Waals surface area contributed by atoms with Crippen molar-refractivity contribution < 1.29 is 14.6 Å². The van der Waals surface area contributed by atoms with Crippen molar-refractivity contribution in [3.63, 3.8) is 0 Å². The van der Waals surface area contributed by atoms with E-state index in [0.29, 0.717) is 24.6 Å². The van der Waals surface area contributed by atoms with E-state index in [1.165, 1.54) is 0 Å². The first kappa shape index (κ1) is 22.2. The van der Waals surface area contributed by atoms with Gasteiger partial charge in [0.15, 0.2) is 5.96 Å². The molecule has 29 heavy (non-hydrogen) atoms. The molecule has 1 aromatic carbocycles. The summed E-state index contributed by atoms with van der Waals surface area (Å²) in [6, 6.07) is 7.49. The fourth-order valence-electron chi connectivity index (χ4n) is 2.55. The number of nitrogens with zero attached hydrogens (tertiary/aromatic N) is 3. The minimum atomic E-state index is -1.12. The fourth-order valence-corrected chi connectivity index (χ4v) is 2.55. The maximum atomic E-state index is 12.1. The van der Waals surface area contributed by atoms with Gasteiger partial charge in [-0.05, 0) is 31.5 Å². The van der Waals surface area contributed by atoms with Crippen molar-refractivity contribution in [2.45, 2.75) is 26.0 Å². The van der Waals surface area contributed by atoms with Crippen molar-refractivity contribution in [2.24, 2.45) is 12.0 Å². The van der Waals surface area contributed by atoms with Crippen LogP contribution in [0.25, 0.3) is 0 Å². The van der Waals surface area contributed by atoms with E-state index in [1.54, 1.807) is 38.2 Å². The molecular weight excluding hydrogens is 372 g/mol. The molecule has 0 aliphatic rings. The zero-order chi connectivity index (χ0) is 21.3. The summed E-state index contributed by atoms with van der Waals surface area (Å²) in [6.45, 7) is 4.87. The van der Waals surface area contributed by atoms with Crippen LogP contribution in [-0.2, 0) is 24.0 Å². The SMILES string of the molecule is CCNC(=NCC(=O)NCc1ccc(OC)cc1)NCC(C)(O)c1cnn(C)c1. The molecule has 1 amide bonds. The van der Waals surface area contributed by atoms with Crippen LogP contribution < -0.4 is 20.7 Å². The Labute approximate surface area is 171 Å². The van der Waals surface area contributed by atoms with Crippen LogP contribution in [0, 0.1) is 0 Å². The first-order chi connectivity index (χ1) is 13.8. The molecule has 0 radical (unpaired) electrons. The molecule has 2 rings (SSSR count). The maximum absolute atomic E-state index is 12.1. The molecule has 2 aromatic rings. The monoisotopic (exact) mass is 402 g/mol. The number of hydrogen-bond acceptors (Lipinski definition) is 5. The molecule has 0 bridgehead atoms. The van der Waals surface area contributed by atoms with Crippen molar-refractivity contribution in [2.75, 3.05) is 26.7 Å². The van der Waals surface area contributed by atoms with Gasteiger partial charge in [-0.1, -0.05) is 12.1 Å². The number of amides is 1. The normalized spacial score (nSPS) is 13.5. The number of carbonyl (C=O) groups excluding carboxylic acids is 1. The number of rotatable bonds is 9. The second-order valence-corrected chi connectivity index (χ2v) is 6.85. The van der Waals surface area contributed by atoms with E-state index in [2.05, 4.69) is 26.0 Å². The molecule has 0 aliphatic heterocycles. The van der Waals surface area contributed by atoms with Crippen molar-refractivity contribution in [3.8, 4) is 5.75 Å². The summed E-state index contributed by atoms with van der Waals surface area (Å²) in [5, 5.41) is 23.7. The number of aliphatic hydroxyl groups is 1. The highest BCUT2D eigenvalue weighted by Crippen LogP contribution is 2.18. The minimum Gasteiger partial charge on any atom is -0.497 e. The van der Waals surface area contributed by atoms with E-state index in [1.807, 2.05) is 31.2 Å². The lowest BCUT2D eigenvalue weighted by atomic mass is 10.00. The van der Waals surface area contributed by atoms with E-state index in [-0.39, 0.29) is 19.0 Å². The van der Waals surface area contributed by atoms with Crippen LogP contribution in [0.15, 0.2) is 41.7 Å². The number of ether oxygens (including phenoxy) is 1. The summed E-state index contributed by atoms with van der Waals surface area (Å²) < 4.78 is 6.75. The second kappa shape index (κ2) is 10.5. The van der Waals surface area contributed by atoms with Crippen LogP contribution in [0.3, 0.4) is 0 Å². The Morgan fingerprint density at radius 1 is 1.28 bits per heavy atom. The minimum absolute atomic E-state index is 0.0273. The van der Waals surface area contributed by atoms with Gasteiger partial charge in [0, 0.05) is 31.9 Å². The van der Waals surface area contributed by atoms with Gasteiger partial charge in [-0.2, -0.15) is 5.10 Å². The molecule has 1 aromatic heterocycles. The van der Waals surface area contributed by atoms with Gasteiger partial charge in [0.1, 0.15) is 17.9 Å². The van der Waals surface area contributed by atoms with Gasteiger partial charge in [-0.15, -0.1) is 0 Å². The Bertz CT molecular complexity index is 814. The van der Waals surface area contributed by atoms with Gasteiger partial charge in [-0.25, -0.2) is 4.99 Å². The largest absolute Gasteiger partial charge is 0.497 e. The molecule has 1 atom stereocenters. The average molecular weight is 402 g/mol. The lowest BCUT2D eigenvalue weighted by molar-refractivity contribution is -0.119. The molecular formula is C20H30N6O3. The summed E-state index contributed by atoms with van der Waals surface area (Å²) >= 11 is 0. The maximum Gasteiger partial charge on any atom is 0.242 e. The zero-order valence-corrected chi connectivity index (χ0v) is 17.4. The van der Waals surface area contributed by atoms with Gasteiger partial charge in [0.25, 0.3) is 0 Å². The number of carbonyl (C=O) groups is 1. The Kier molecular flexibility index (Phi) is 8.02. The molecule has 158 valence electrons. The molecule has 1 unspecified atom stereocenters. The summed E-state index contributed by atoms with van der Waals surface area (Å²) in [7, 11) is 3.41. The van der Waals surface area contributed by atoms with Crippen LogP contribution in [0.2, 0.25) is 0 Å². The van der Waals surface area contributed by atoms with Gasteiger partial charge in [-0.3, -0.25) is 9.48 Å². The van der Waals surface area contributed by atoms with Crippen LogP contribution >= 0.6 is 0 Å². The Morgan fingerprint density at radius 2 is 2.00 bits per heavy atom. The van der Waals surface area contributed by atoms with E-state index in [0.717, 1.165) is 11.3 Å². The molecule has 9 nitrogen and oxygen atoms in total. The molecule has 0 aliphatic carbocycles. The zero-order valence-electron chi connectivity index (χ0n) is 17.4. The fraction of sp³-hybridized carbons (Fsp3) is 0.450. The number of benzene rings is 1. The van der Waals surface area contributed by atoms with E-state index < -0.39 is 5.60 Å². The summed E-state index contributed by atoms with van der Waals surface area (Å²) in [5.41, 5.74) is 0.544. The lowest BCUT2D eigenvalue weighted by Gasteiger charge is -2.23. The predicted octanol–water partition coefficient (Wildman–Crippen LogP) is 0.508. The van der Waals surface area contributed by atoms with Gasteiger partial charge in [0.2, 0.25) is 5.91 Å². The number of aliphatic imine (C=N–C) groups is 1. The number of hydrogen-bond donors (Lipinski definition) is 4. The first-order valence-corrected chi connectivity index (χ1v) is 9.47. The van der Waals surface area contributed by atoms with E-state index in [9.17, 15) is 9.90 Å². The molecule has 0 fully saturated rings. The van der Waals surface area contributed by atoms with Gasteiger partial charge in [0.05, 0.1) is 19.9 Å². The van der Waals surface area contributed by atoms with Gasteiger partial charge >= 0.3 is 0 Å². The molecule has 4 N–H and O–H groups in total. The van der Waals surface area contributed by atoms with Gasteiger partial charge < -0.3 is 25.8 Å². The molecule has 0 spiro atoms. The third kappa shape index (κ3) is 7.11. The third-order valence-electron chi connectivity index (χ3n) is 4.30. The van der Waals surface area contributed by atoms with E-state index >= 15 is 0 Å². The topological polar surface area (TPSA) is 113 Å². The summed E-state index contributed by atoms with van der Waals surface area (Å²) in [4.78, 5) is 16.4. The van der Waals surface area contributed by atoms with E-state index in [4.69, 9.17) is 4.74 Å². The highest BCUT2D eigenvalue weighted by atomic mass is 16.5. The number of aryl methyl sites for hydroxylation is 1. The predicted molar refractivity (Wildman–Crippen MR) is 112 cm³/mol. The number of methoxy groups -OCH3 is 1. The molecule has 0 saturated heterocycles. The smallest absolute Gasteiger partial charge is 0.242 e. The Balaban J connectivity index is 1.85. The summed E-state index contributed by atoms with van der Waals surface area (Å²) in [5.74, 6) is 1.03. The quantitative estimate of drug-likeness (QED) is 0.359.